The maximum atomic E-state index is 14.0. The Bertz CT molecular complexity index is 1110. The van der Waals surface area contributed by atoms with E-state index in [1.54, 1.807) is 13.8 Å². The van der Waals surface area contributed by atoms with Crippen molar-refractivity contribution in [3.63, 3.8) is 0 Å². The number of aromatic nitrogens is 5. The van der Waals surface area contributed by atoms with Crippen molar-refractivity contribution in [1.29, 1.82) is 0 Å². The van der Waals surface area contributed by atoms with Gasteiger partial charge in [-0.25, -0.2) is 14.1 Å². The molecule has 9 nitrogen and oxygen atoms in total. The molecule has 2 N–H and O–H groups in total. The number of aliphatic hydroxyl groups is 1. The number of nitrogens with zero attached hydrogens (tertiary/aromatic N) is 5. The minimum atomic E-state index is -0.828. The molecule has 0 spiro atoms. The summed E-state index contributed by atoms with van der Waals surface area (Å²) in [7, 11) is 1.46. The number of ether oxygens (including phenoxy) is 1. The summed E-state index contributed by atoms with van der Waals surface area (Å²) in [4.78, 5) is 25.5. The second kappa shape index (κ2) is 7.03. The first-order valence-corrected chi connectivity index (χ1v) is 9.20. The van der Waals surface area contributed by atoms with Gasteiger partial charge in [-0.1, -0.05) is 0 Å². The lowest BCUT2D eigenvalue weighted by atomic mass is 10.2. The molecule has 152 valence electrons. The molecule has 0 unspecified atom stereocenters. The van der Waals surface area contributed by atoms with Gasteiger partial charge < -0.3 is 15.2 Å². The largest absolute Gasteiger partial charge is 0.480 e. The number of halogens is 1. The van der Waals surface area contributed by atoms with E-state index in [2.05, 4.69) is 25.4 Å². The fourth-order valence-electron chi connectivity index (χ4n) is 3.00. The molecular formula is C19H21FN6O3. The van der Waals surface area contributed by atoms with Crippen molar-refractivity contribution in [1.82, 2.24) is 30.0 Å². The summed E-state index contributed by atoms with van der Waals surface area (Å²) in [5, 5.41) is 17.0. The molecule has 1 aliphatic rings. The maximum absolute atomic E-state index is 14.0. The number of hydrogen-bond acceptors (Lipinski definition) is 7. The van der Waals surface area contributed by atoms with Crippen molar-refractivity contribution < 1.29 is 19.0 Å². The van der Waals surface area contributed by atoms with Crippen LogP contribution in [0.4, 0.5) is 4.39 Å². The van der Waals surface area contributed by atoms with E-state index < -0.39 is 17.3 Å². The second-order valence-electron chi connectivity index (χ2n) is 7.30. The van der Waals surface area contributed by atoms with E-state index >= 15 is 0 Å². The molecule has 0 aliphatic heterocycles. The third-order valence-corrected chi connectivity index (χ3v) is 5.02. The Kier molecular flexibility index (Phi) is 4.65. The minimum Gasteiger partial charge on any atom is -0.480 e. The van der Waals surface area contributed by atoms with Crippen molar-refractivity contribution in [3.8, 4) is 5.88 Å². The second-order valence-corrected chi connectivity index (χ2v) is 7.30. The third kappa shape index (κ3) is 3.75. The van der Waals surface area contributed by atoms with E-state index in [4.69, 9.17) is 4.74 Å². The molecule has 4 rings (SSSR count). The van der Waals surface area contributed by atoms with Crippen molar-refractivity contribution in [2.45, 2.75) is 38.8 Å². The first kappa shape index (κ1) is 19.2. The van der Waals surface area contributed by atoms with E-state index in [9.17, 15) is 14.3 Å². The van der Waals surface area contributed by atoms with Gasteiger partial charge in [0.05, 0.1) is 31.1 Å². The molecule has 0 bridgehead atoms. The van der Waals surface area contributed by atoms with Gasteiger partial charge in [0.2, 0.25) is 5.88 Å². The monoisotopic (exact) mass is 400 g/mol. The average molecular weight is 400 g/mol. The van der Waals surface area contributed by atoms with E-state index in [-0.39, 0.29) is 24.7 Å². The van der Waals surface area contributed by atoms with Gasteiger partial charge in [-0.05, 0) is 38.3 Å². The first-order chi connectivity index (χ1) is 13.8. The average Bonchev–Trinajstić information content (AvgIpc) is 3.33. The Morgan fingerprint density at radius 1 is 1.34 bits per heavy atom. The SMILES string of the molecule is COc1cnc2c(C(=O)NCC3(O)CC3)nn(Cc3cc(F)c(C)nc3C)c2n1. The molecule has 1 amide bonds. The molecule has 3 heterocycles. The Balaban J connectivity index is 1.72. The highest BCUT2D eigenvalue weighted by Crippen LogP contribution is 2.34. The minimum absolute atomic E-state index is 0.0811. The van der Waals surface area contributed by atoms with E-state index in [1.165, 1.54) is 24.1 Å². The summed E-state index contributed by atoms with van der Waals surface area (Å²) in [6, 6.07) is 1.40. The molecule has 29 heavy (non-hydrogen) atoms. The van der Waals surface area contributed by atoms with Gasteiger partial charge in [-0.2, -0.15) is 10.1 Å². The van der Waals surface area contributed by atoms with Crippen LogP contribution in [0.15, 0.2) is 12.3 Å². The zero-order valence-corrected chi connectivity index (χ0v) is 16.4. The first-order valence-electron chi connectivity index (χ1n) is 9.20. The van der Waals surface area contributed by atoms with Crippen molar-refractivity contribution >= 4 is 17.1 Å². The lowest BCUT2D eigenvalue weighted by molar-refractivity contribution is 0.0892. The van der Waals surface area contributed by atoms with Crippen LogP contribution in [0, 0.1) is 19.7 Å². The van der Waals surface area contributed by atoms with Crippen LogP contribution in [0.2, 0.25) is 0 Å². The highest BCUT2D eigenvalue weighted by molar-refractivity contribution is 6.02. The third-order valence-electron chi connectivity index (χ3n) is 5.02. The Labute approximate surface area is 165 Å². The normalized spacial score (nSPS) is 14.8. The van der Waals surface area contributed by atoms with Gasteiger partial charge in [-0.3, -0.25) is 9.78 Å². The summed E-state index contributed by atoms with van der Waals surface area (Å²) < 4.78 is 20.6. The van der Waals surface area contributed by atoms with Gasteiger partial charge in [0.15, 0.2) is 11.3 Å². The van der Waals surface area contributed by atoms with Crippen LogP contribution in [0.1, 0.15) is 40.3 Å². The standard InChI is InChI=1S/C19H21FN6O3/c1-10-12(6-13(20)11(2)23-10)8-26-17-15(21-7-14(24-17)29-3)16(25-26)18(27)22-9-19(28)4-5-19/h6-7,28H,4-5,8-9H2,1-3H3,(H,22,27). The molecule has 3 aromatic rings. The predicted octanol–water partition coefficient (Wildman–Crippen LogP) is 1.29. The maximum Gasteiger partial charge on any atom is 0.274 e. The van der Waals surface area contributed by atoms with Crippen LogP contribution in [0.25, 0.3) is 11.2 Å². The number of nitrogens with one attached hydrogen (secondary N) is 1. The number of aryl methyl sites for hydroxylation is 2. The molecule has 0 radical (unpaired) electrons. The van der Waals surface area contributed by atoms with E-state index in [0.29, 0.717) is 41.0 Å². The number of carbonyl (C=O) groups excluding carboxylic acids is 1. The van der Waals surface area contributed by atoms with Crippen LogP contribution in [0.5, 0.6) is 5.88 Å². The van der Waals surface area contributed by atoms with Crippen LogP contribution in [-0.4, -0.2) is 55.0 Å². The number of carbonyl (C=O) groups is 1. The van der Waals surface area contributed by atoms with Crippen LogP contribution in [0.3, 0.4) is 0 Å². The summed E-state index contributed by atoms with van der Waals surface area (Å²) in [5.74, 6) is -0.609. The van der Waals surface area contributed by atoms with E-state index in [0.717, 1.165) is 0 Å². The number of hydrogen-bond donors (Lipinski definition) is 2. The molecule has 1 fully saturated rings. The van der Waals surface area contributed by atoms with Gasteiger partial charge >= 0.3 is 0 Å². The number of methoxy groups -OCH3 is 1. The Morgan fingerprint density at radius 2 is 2.10 bits per heavy atom. The summed E-state index contributed by atoms with van der Waals surface area (Å²) >= 11 is 0. The van der Waals surface area contributed by atoms with Crippen LogP contribution >= 0.6 is 0 Å². The fraction of sp³-hybridized carbons (Fsp3) is 0.421. The topological polar surface area (TPSA) is 115 Å². The molecule has 0 saturated heterocycles. The lowest BCUT2D eigenvalue weighted by Gasteiger charge is -2.08. The smallest absolute Gasteiger partial charge is 0.274 e. The van der Waals surface area contributed by atoms with Gasteiger partial charge in [0, 0.05) is 12.2 Å². The lowest BCUT2D eigenvalue weighted by Crippen LogP contribution is -2.33. The quantitative estimate of drug-likeness (QED) is 0.641. The Morgan fingerprint density at radius 3 is 2.79 bits per heavy atom. The summed E-state index contributed by atoms with van der Waals surface area (Å²) in [5.41, 5.74) is 1.47. The molecule has 0 atom stereocenters. The van der Waals surface area contributed by atoms with Crippen LogP contribution < -0.4 is 10.1 Å². The zero-order chi connectivity index (χ0) is 20.8. The highest BCUT2D eigenvalue weighted by Gasteiger charge is 2.40. The number of amides is 1. The number of pyridine rings is 1. The van der Waals surface area contributed by atoms with Gasteiger partial charge in [0.1, 0.15) is 11.3 Å². The number of rotatable bonds is 6. The predicted molar refractivity (Wildman–Crippen MR) is 101 cm³/mol. The number of fused-ring (bicyclic) bond motifs is 1. The van der Waals surface area contributed by atoms with Gasteiger partial charge in [0.25, 0.3) is 5.91 Å². The van der Waals surface area contributed by atoms with Crippen molar-refractivity contribution in [3.05, 3.63) is 40.7 Å². The highest BCUT2D eigenvalue weighted by atomic mass is 19.1. The molecular weight excluding hydrogens is 379 g/mol. The molecule has 3 aromatic heterocycles. The molecule has 1 aliphatic carbocycles. The van der Waals surface area contributed by atoms with Gasteiger partial charge in [-0.15, -0.1) is 0 Å². The fourth-order valence-corrected chi connectivity index (χ4v) is 3.00. The summed E-state index contributed by atoms with van der Waals surface area (Å²) in [6.45, 7) is 3.69. The zero-order valence-electron chi connectivity index (χ0n) is 16.4. The van der Waals surface area contributed by atoms with Crippen LogP contribution in [-0.2, 0) is 6.54 Å². The summed E-state index contributed by atoms with van der Waals surface area (Å²) in [6.07, 6.45) is 2.72. The van der Waals surface area contributed by atoms with Crippen molar-refractivity contribution in [2.24, 2.45) is 0 Å². The van der Waals surface area contributed by atoms with E-state index in [1.807, 2.05) is 0 Å². The Hall–Kier alpha value is -3.14. The van der Waals surface area contributed by atoms with Crippen molar-refractivity contribution in [2.75, 3.05) is 13.7 Å². The molecule has 1 saturated carbocycles. The molecule has 10 heteroatoms. The molecule has 0 aromatic carbocycles.